The minimum atomic E-state index is 0.551. The van der Waals surface area contributed by atoms with Gasteiger partial charge < -0.3 is 4.74 Å². The van der Waals surface area contributed by atoms with Crippen molar-refractivity contribution in [3.05, 3.63) is 78.1 Å². The lowest BCUT2D eigenvalue weighted by Crippen LogP contribution is -2.01. The van der Waals surface area contributed by atoms with Crippen LogP contribution in [0.3, 0.4) is 0 Å². The van der Waals surface area contributed by atoms with Crippen LogP contribution < -0.4 is 4.74 Å². The molecule has 0 N–H and O–H groups in total. The van der Waals surface area contributed by atoms with Crippen LogP contribution in [0.25, 0.3) is 11.4 Å². The smallest absolute Gasteiger partial charge is 0.159 e. The van der Waals surface area contributed by atoms with Crippen LogP contribution in [-0.2, 0) is 6.42 Å². The Morgan fingerprint density at radius 2 is 1.61 bits per heavy atom. The molecule has 1 aromatic heterocycles. The number of hydrogen-bond donors (Lipinski definition) is 0. The van der Waals surface area contributed by atoms with Gasteiger partial charge in [-0.15, -0.1) is 0 Å². The lowest BCUT2D eigenvalue weighted by atomic mass is 9.97. The number of aromatic nitrogens is 2. The number of aryl methyl sites for hydroxylation is 1. The molecular formula is C28H36N2O. The van der Waals surface area contributed by atoms with Crippen LogP contribution in [0.15, 0.2) is 67.0 Å². The Hall–Kier alpha value is -2.68. The van der Waals surface area contributed by atoms with E-state index in [1.165, 1.54) is 43.2 Å². The summed E-state index contributed by atoms with van der Waals surface area (Å²) in [5.41, 5.74) is 3.62. The molecule has 1 atom stereocenters. The van der Waals surface area contributed by atoms with Gasteiger partial charge in [0, 0.05) is 18.0 Å². The SMILES string of the molecule is CCCCCCCc1cnc(-c2cccc(OCCCC(C)c3ccccc3)c2)nc1. The van der Waals surface area contributed by atoms with E-state index in [0.717, 1.165) is 43.0 Å². The van der Waals surface area contributed by atoms with Gasteiger partial charge in [0.15, 0.2) is 5.82 Å². The fraction of sp³-hybridized carbons (Fsp3) is 0.429. The highest BCUT2D eigenvalue weighted by atomic mass is 16.5. The monoisotopic (exact) mass is 416 g/mol. The van der Waals surface area contributed by atoms with Crippen molar-refractivity contribution in [1.29, 1.82) is 0 Å². The number of nitrogens with zero attached hydrogens (tertiary/aromatic N) is 2. The molecule has 3 nitrogen and oxygen atoms in total. The van der Waals surface area contributed by atoms with Gasteiger partial charge in [-0.1, -0.05) is 82.0 Å². The van der Waals surface area contributed by atoms with Crippen molar-refractivity contribution >= 4 is 0 Å². The molecule has 0 aliphatic carbocycles. The van der Waals surface area contributed by atoms with E-state index in [2.05, 4.69) is 54.1 Å². The summed E-state index contributed by atoms with van der Waals surface area (Å²) >= 11 is 0. The van der Waals surface area contributed by atoms with E-state index in [1.54, 1.807) is 0 Å². The van der Waals surface area contributed by atoms with Gasteiger partial charge in [-0.3, -0.25) is 0 Å². The van der Waals surface area contributed by atoms with E-state index in [9.17, 15) is 0 Å². The Morgan fingerprint density at radius 3 is 2.39 bits per heavy atom. The van der Waals surface area contributed by atoms with Gasteiger partial charge in [0.05, 0.1) is 6.61 Å². The number of ether oxygens (including phenoxy) is 1. The molecule has 1 heterocycles. The van der Waals surface area contributed by atoms with Crippen LogP contribution in [0.4, 0.5) is 0 Å². The Morgan fingerprint density at radius 1 is 0.839 bits per heavy atom. The van der Waals surface area contributed by atoms with Gasteiger partial charge in [0.25, 0.3) is 0 Å². The standard InChI is InChI=1S/C28H36N2O/c1-3-4-5-6-8-14-24-21-29-28(30-22-24)26-17-11-18-27(20-26)31-19-12-13-23(2)25-15-9-7-10-16-25/h7,9-11,15-18,20-23H,3-6,8,12-14,19H2,1-2H3. The average Bonchev–Trinajstić information content (AvgIpc) is 2.83. The molecule has 31 heavy (non-hydrogen) atoms. The van der Waals surface area contributed by atoms with Crippen molar-refractivity contribution in [3.8, 4) is 17.1 Å². The molecule has 0 aliphatic heterocycles. The van der Waals surface area contributed by atoms with Crippen LogP contribution in [0.2, 0.25) is 0 Å². The molecule has 3 rings (SSSR count). The van der Waals surface area contributed by atoms with Crippen LogP contribution in [-0.4, -0.2) is 16.6 Å². The summed E-state index contributed by atoms with van der Waals surface area (Å²) in [6, 6.07) is 18.8. The van der Waals surface area contributed by atoms with Crippen molar-refractivity contribution < 1.29 is 4.74 Å². The summed E-state index contributed by atoms with van der Waals surface area (Å²) in [5.74, 6) is 2.20. The van der Waals surface area contributed by atoms with Crippen LogP contribution in [0.5, 0.6) is 5.75 Å². The summed E-state index contributed by atoms with van der Waals surface area (Å²) in [5, 5.41) is 0. The minimum Gasteiger partial charge on any atom is -0.494 e. The zero-order valence-corrected chi connectivity index (χ0v) is 19.1. The van der Waals surface area contributed by atoms with Crippen molar-refractivity contribution in [1.82, 2.24) is 9.97 Å². The van der Waals surface area contributed by atoms with Crippen molar-refractivity contribution in [2.24, 2.45) is 0 Å². The van der Waals surface area contributed by atoms with E-state index < -0.39 is 0 Å². The minimum absolute atomic E-state index is 0.551. The molecule has 0 amide bonds. The number of unbranched alkanes of at least 4 members (excludes halogenated alkanes) is 4. The Labute approximate surface area is 187 Å². The molecule has 0 fully saturated rings. The number of rotatable bonds is 13. The normalized spacial score (nSPS) is 11.9. The first-order chi connectivity index (χ1) is 15.3. The van der Waals surface area contributed by atoms with Crippen molar-refractivity contribution in [2.45, 2.75) is 71.1 Å². The van der Waals surface area contributed by atoms with Gasteiger partial charge in [-0.05, 0) is 54.9 Å². The molecule has 0 bridgehead atoms. The zero-order chi connectivity index (χ0) is 21.7. The highest BCUT2D eigenvalue weighted by Gasteiger charge is 2.06. The van der Waals surface area contributed by atoms with Gasteiger partial charge >= 0.3 is 0 Å². The maximum absolute atomic E-state index is 6.01. The molecule has 0 spiro atoms. The average molecular weight is 417 g/mol. The number of hydrogen-bond acceptors (Lipinski definition) is 3. The molecule has 164 valence electrons. The third-order valence-electron chi connectivity index (χ3n) is 5.79. The van der Waals surface area contributed by atoms with Crippen molar-refractivity contribution in [3.63, 3.8) is 0 Å². The summed E-state index contributed by atoms with van der Waals surface area (Å²) in [4.78, 5) is 9.18. The predicted molar refractivity (Wildman–Crippen MR) is 130 cm³/mol. The fourth-order valence-electron chi connectivity index (χ4n) is 3.82. The largest absolute Gasteiger partial charge is 0.494 e. The molecule has 0 saturated carbocycles. The molecule has 3 aromatic rings. The molecular weight excluding hydrogens is 380 g/mol. The van der Waals surface area contributed by atoms with Gasteiger partial charge in [-0.25, -0.2) is 9.97 Å². The Bertz CT molecular complexity index is 877. The van der Waals surface area contributed by atoms with E-state index >= 15 is 0 Å². The second-order valence-electron chi connectivity index (χ2n) is 8.41. The molecule has 2 aromatic carbocycles. The first-order valence-electron chi connectivity index (χ1n) is 11.9. The van der Waals surface area contributed by atoms with Gasteiger partial charge in [-0.2, -0.15) is 0 Å². The lowest BCUT2D eigenvalue weighted by Gasteiger charge is -2.12. The highest BCUT2D eigenvalue weighted by Crippen LogP contribution is 2.23. The Kier molecular flexibility index (Phi) is 9.56. The second kappa shape index (κ2) is 12.9. The quantitative estimate of drug-likeness (QED) is 0.269. The number of benzene rings is 2. The predicted octanol–water partition coefficient (Wildman–Crippen LogP) is 7.62. The Balaban J connectivity index is 1.45. The van der Waals surface area contributed by atoms with E-state index in [1.807, 2.05) is 36.7 Å². The molecule has 0 radical (unpaired) electrons. The summed E-state index contributed by atoms with van der Waals surface area (Å²) in [7, 11) is 0. The third-order valence-corrected chi connectivity index (χ3v) is 5.79. The molecule has 3 heteroatoms. The van der Waals surface area contributed by atoms with Gasteiger partial charge in [0.2, 0.25) is 0 Å². The summed E-state index contributed by atoms with van der Waals surface area (Å²) in [6.07, 6.45) is 13.6. The molecule has 0 aliphatic rings. The summed E-state index contributed by atoms with van der Waals surface area (Å²) < 4.78 is 6.01. The van der Waals surface area contributed by atoms with Crippen LogP contribution in [0.1, 0.15) is 75.8 Å². The third kappa shape index (κ3) is 7.82. The van der Waals surface area contributed by atoms with Crippen LogP contribution >= 0.6 is 0 Å². The van der Waals surface area contributed by atoms with E-state index in [4.69, 9.17) is 4.74 Å². The first kappa shape index (κ1) is 23.0. The van der Waals surface area contributed by atoms with E-state index in [0.29, 0.717) is 5.92 Å². The fourth-order valence-corrected chi connectivity index (χ4v) is 3.82. The van der Waals surface area contributed by atoms with Gasteiger partial charge in [0.1, 0.15) is 5.75 Å². The highest BCUT2D eigenvalue weighted by molar-refractivity contribution is 5.57. The summed E-state index contributed by atoms with van der Waals surface area (Å²) in [6.45, 7) is 5.25. The van der Waals surface area contributed by atoms with Crippen molar-refractivity contribution in [2.75, 3.05) is 6.61 Å². The van der Waals surface area contributed by atoms with E-state index in [-0.39, 0.29) is 0 Å². The second-order valence-corrected chi connectivity index (χ2v) is 8.41. The topological polar surface area (TPSA) is 35.0 Å². The first-order valence-corrected chi connectivity index (χ1v) is 11.9. The zero-order valence-electron chi connectivity index (χ0n) is 19.1. The van der Waals surface area contributed by atoms with Crippen LogP contribution in [0, 0.1) is 0 Å². The molecule has 1 unspecified atom stereocenters. The lowest BCUT2D eigenvalue weighted by molar-refractivity contribution is 0.303. The maximum atomic E-state index is 6.01. The maximum Gasteiger partial charge on any atom is 0.159 e. The molecule has 0 saturated heterocycles.